The van der Waals surface area contributed by atoms with Crippen molar-refractivity contribution in [3.63, 3.8) is 0 Å². The van der Waals surface area contributed by atoms with Gasteiger partial charge in [0.15, 0.2) is 11.6 Å². The first-order valence-corrected chi connectivity index (χ1v) is 10.6. The molecule has 0 aliphatic heterocycles. The highest BCUT2D eigenvalue weighted by atomic mass is 19.4. The lowest BCUT2D eigenvalue weighted by atomic mass is 10.0. The van der Waals surface area contributed by atoms with E-state index in [0.717, 1.165) is 24.5 Å². The molecule has 3 aromatic rings. The first-order valence-electron chi connectivity index (χ1n) is 10.6. The molecule has 0 aliphatic carbocycles. The maximum absolute atomic E-state index is 14.3. The zero-order chi connectivity index (χ0) is 23.1. The van der Waals surface area contributed by atoms with Crippen LogP contribution in [0.2, 0.25) is 0 Å². The normalized spacial score (nSPS) is 11.5. The molecule has 0 bridgehead atoms. The van der Waals surface area contributed by atoms with E-state index in [2.05, 4.69) is 11.7 Å². The van der Waals surface area contributed by atoms with Crippen molar-refractivity contribution in [2.75, 3.05) is 0 Å². The third-order valence-electron chi connectivity index (χ3n) is 5.08. The minimum absolute atomic E-state index is 0.0742. The van der Waals surface area contributed by atoms with Gasteiger partial charge in [-0.15, -0.1) is 13.2 Å². The summed E-state index contributed by atoms with van der Waals surface area (Å²) in [5.41, 5.74) is 1.52. The minimum atomic E-state index is -4.99. The lowest BCUT2D eigenvalue weighted by molar-refractivity contribution is -0.275. The van der Waals surface area contributed by atoms with E-state index >= 15 is 0 Å². The Balaban J connectivity index is 1.64. The summed E-state index contributed by atoms with van der Waals surface area (Å²) in [6, 6.07) is 13.3. The van der Waals surface area contributed by atoms with Crippen molar-refractivity contribution in [2.45, 2.75) is 51.8 Å². The summed E-state index contributed by atoms with van der Waals surface area (Å²) in [5.74, 6) is -2.47. The predicted octanol–water partition coefficient (Wildman–Crippen LogP) is 7.61. The van der Waals surface area contributed by atoms with E-state index in [-0.39, 0.29) is 16.5 Å². The van der Waals surface area contributed by atoms with Gasteiger partial charge in [-0.3, -0.25) is 0 Å². The van der Waals surface area contributed by atoms with Gasteiger partial charge in [-0.05, 0) is 60.2 Å². The number of aryl methyl sites for hydroxylation is 1. The third kappa shape index (κ3) is 6.45. The molecule has 0 saturated carbocycles. The van der Waals surface area contributed by atoms with Gasteiger partial charge in [0.1, 0.15) is 5.75 Å². The Labute approximate surface area is 184 Å². The van der Waals surface area contributed by atoms with Gasteiger partial charge in [0, 0.05) is 5.39 Å². The molecule has 0 aromatic heterocycles. The Hall–Kier alpha value is -3.09. The molecular formula is C25H24F4O3. The van der Waals surface area contributed by atoms with Gasteiger partial charge in [0.25, 0.3) is 0 Å². The lowest BCUT2D eigenvalue weighted by Crippen LogP contribution is -2.18. The number of hydrogen-bond acceptors (Lipinski definition) is 3. The zero-order valence-electron chi connectivity index (χ0n) is 17.7. The van der Waals surface area contributed by atoms with Gasteiger partial charge in [-0.2, -0.15) is 0 Å². The number of hydrogen-bond donors (Lipinski definition) is 0. The number of halogens is 4. The van der Waals surface area contributed by atoms with Crippen molar-refractivity contribution in [1.29, 1.82) is 0 Å². The highest BCUT2D eigenvalue weighted by molar-refractivity contribution is 5.92. The average Bonchev–Trinajstić information content (AvgIpc) is 2.75. The molecule has 0 N–H and O–H groups in total. The third-order valence-corrected chi connectivity index (χ3v) is 5.08. The molecule has 170 valence electrons. The molecule has 0 fully saturated rings. The highest BCUT2D eigenvalue weighted by Crippen LogP contribution is 2.32. The Morgan fingerprint density at radius 1 is 0.906 bits per heavy atom. The van der Waals surface area contributed by atoms with Crippen LogP contribution in [0.4, 0.5) is 17.6 Å². The van der Waals surface area contributed by atoms with Crippen LogP contribution in [0.3, 0.4) is 0 Å². The van der Waals surface area contributed by atoms with Gasteiger partial charge in [-0.1, -0.05) is 50.8 Å². The smallest absolute Gasteiger partial charge is 0.423 e. The van der Waals surface area contributed by atoms with Crippen molar-refractivity contribution in [2.24, 2.45) is 0 Å². The van der Waals surface area contributed by atoms with Crippen molar-refractivity contribution < 1.29 is 31.8 Å². The van der Waals surface area contributed by atoms with Gasteiger partial charge in [-0.25, -0.2) is 9.18 Å². The van der Waals surface area contributed by atoms with Crippen molar-refractivity contribution >= 4 is 16.7 Å². The number of benzene rings is 3. The molecular weight excluding hydrogens is 424 g/mol. The van der Waals surface area contributed by atoms with Crippen LogP contribution in [-0.4, -0.2) is 12.3 Å². The number of carbonyl (C=O) groups excluding carboxylic acids is 1. The molecule has 0 amide bonds. The van der Waals surface area contributed by atoms with E-state index in [9.17, 15) is 22.4 Å². The van der Waals surface area contributed by atoms with E-state index < -0.39 is 23.9 Å². The second-order valence-electron chi connectivity index (χ2n) is 7.56. The quantitative estimate of drug-likeness (QED) is 0.146. The fourth-order valence-electron chi connectivity index (χ4n) is 3.42. The molecule has 3 nitrogen and oxygen atoms in total. The number of esters is 1. The second kappa shape index (κ2) is 10.5. The number of alkyl halides is 3. The Bertz CT molecular complexity index is 1060. The topological polar surface area (TPSA) is 35.5 Å². The molecule has 0 atom stereocenters. The summed E-state index contributed by atoms with van der Waals surface area (Å²) in [6.07, 6.45) is 1.93. The minimum Gasteiger partial charge on any atom is -0.423 e. The number of carbonyl (C=O) groups is 1. The van der Waals surface area contributed by atoms with Gasteiger partial charge < -0.3 is 9.47 Å². The molecule has 7 heteroatoms. The molecule has 0 unspecified atom stereocenters. The summed E-state index contributed by atoms with van der Waals surface area (Å²) in [6.45, 7) is 2.18. The SMILES string of the molecule is CCCCCCCc1ccc(C(=O)Oc2ccc3c(F)c(OC(F)(F)F)ccc3c2)cc1. The van der Waals surface area contributed by atoms with Crippen LogP contribution in [0.1, 0.15) is 54.9 Å². The van der Waals surface area contributed by atoms with Gasteiger partial charge >= 0.3 is 12.3 Å². The van der Waals surface area contributed by atoms with Crippen LogP contribution in [0.5, 0.6) is 11.5 Å². The molecule has 0 heterocycles. The number of unbranched alkanes of at least 4 members (excludes halogenated alkanes) is 4. The van der Waals surface area contributed by atoms with Crippen molar-refractivity contribution in [3.8, 4) is 11.5 Å². The first-order chi connectivity index (χ1) is 15.3. The van der Waals surface area contributed by atoms with E-state index in [1.54, 1.807) is 12.1 Å². The van der Waals surface area contributed by atoms with Crippen molar-refractivity contribution in [1.82, 2.24) is 0 Å². The molecule has 3 aromatic carbocycles. The summed E-state index contributed by atoms with van der Waals surface area (Å²) in [7, 11) is 0. The molecule has 0 saturated heterocycles. The number of fused-ring (bicyclic) bond motifs is 1. The Morgan fingerprint density at radius 3 is 2.31 bits per heavy atom. The Morgan fingerprint density at radius 2 is 1.62 bits per heavy atom. The second-order valence-corrected chi connectivity index (χ2v) is 7.56. The van der Waals surface area contributed by atoms with Gasteiger partial charge in [0.05, 0.1) is 5.56 Å². The average molecular weight is 448 g/mol. The molecule has 0 radical (unpaired) electrons. The summed E-state index contributed by atoms with van der Waals surface area (Å²) < 4.78 is 60.5. The first kappa shape index (κ1) is 23.6. The molecule has 0 spiro atoms. The fourth-order valence-corrected chi connectivity index (χ4v) is 3.42. The Kier molecular flexibility index (Phi) is 7.72. The van der Waals surface area contributed by atoms with E-state index in [0.29, 0.717) is 5.56 Å². The van der Waals surface area contributed by atoms with Crippen LogP contribution < -0.4 is 9.47 Å². The fraction of sp³-hybridized carbons (Fsp3) is 0.320. The summed E-state index contributed by atoms with van der Waals surface area (Å²) >= 11 is 0. The van der Waals surface area contributed by atoms with Crippen LogP contribution in [0, 0.1) is 5.82 Å². The largest absolute Gasteiger partial charge is 0.573 e. The van der Waals surface area contributed by atoms with E-state index in [4.69, 9.17) is 4.74 Å². The van der Waals surface area contributed by atoms with Crippen molar-refractivity contribution in [3.05, 3.63) is 71.5 Å². The standard InChI is InChI=1S/C25H24F4O3/c1-2-3-4-5-6-7-17-8-10-18(11-9-17)24(30)31-20-13-14-21-19(16-20)12-15-22(23(21)26)32-25(27,28)29/h8-16H,2-7H2,1H3. The highest BCUT2D eigenvalue weighted by Gasteiger charge is 2.32. The van der Waals surface area contributed by atoms with E-state index in [1.807, 2.05) is 12.1 Å². The zero-order valence-corrected chi connectivity index (χ0v) is 17.7. The molecule has 0 aliphatic rings. The lowest BCUT2D eigenvalue weighted by Gasteiger charge is -2.12. The molecule has 3 rings (SSSR count). The summed E-state index contributed by atoms with van der Waals surface area (Å²) in [5, 5.41) is 0.204. The maximum atomic E-state index is 14.3. The van der Waals surface area contributed by atoms with Gasteiger partial charge in [0.2, 0.25) is 0 Å². The van der Waals surface area contributed by atoms with Crippen LogP contribution in [0.15, 0.2) is 54.6 Å². The van der Waals surface area contributed by atoms with E-state index in [1.165, 1.54) is 49.9 Å². The number of rotatable bonds is 9. The van der Waals surface area contributed by atoms with Crippen LogP contribution >= 0.6 is 0 Å². The van der Waals surface area contributed by atoms with Crippen LogP contribution in [-0.2, 0) is 6.42 Å². The number of ether oxygens (including phenoxy) is 2. The predicted molar refractivity (Wildman–Crippen MR) is 114 cm³/mol. The molecule has 32 heavy (non-hydrogen) atoms. The monoisotopic (exact) mass is 448 g/mol. The summed E-state index contributed by atoms with van der Waals surface area (Å²) in [4.78, 5) is 12.4. The maximum Gasteiger partial charge on any atom is 0.573 e. The van der Waals surface area contributed by atoms with Crippen LogP contribution in [0.25, 0.3) is 10.8 Å².